The topological polar surface area (TPSA) is 44.4 Å². The highest BCUT2D eigenvalue weighted by atomic mass is 35.5. The first-order valence-corrected chi connectivity index (χ1v) is 9.64. The second-order valence-electron chi connectivity index (χ2n) is 7.28. The quantitative estimate of drug-likeness (QED) is 0.812. The zero-order valence-corrected chi connectivity index (χ0v) is 15.3. The maximum absolute atomic E-state index is 13.2. The number of carbonyl (C=O) groups excluding carboxylic acids is 1. The molecule has 4 nitrogen and oxygen atoms in total. The lowest BCUT2D eigenvalue weighted by Crippen LogP contribution is -2.47. The fourth-order valence-corrected chi connectivity index (χ4v) is 4.03. The lowest BCUT2D eigenvalue weighted by molar-refractivity contribution is -0.122. The van der Waals surface area contributed by atoms with Gasteiger partial charge in [0.15, 0.2) is 0 Å². The molecule has 0 bridgehead atoms. The molecule has 1 amide bonds. The van der Waals surface area contributed by atoms with Crippen molar-refractivity contribution >= 4 is 17.5 Å². The van der Waals surface area contributed by atoms with Crippen molar-refractivity contribution in [1.29, 1.82) is 0 Å². The predicted octanol–water partition coefficient (Wildman–Crippen LogP) is 2.95. The predicted molar refractivity (Wildman–Crippen MR) is 98.1 cm³/mol. The summed E-state index contributed by atoms with van der Waals surface area (Å²) < 4.78 is 13.2. The van der Waals surface area contributed by atoms with Gasteiger partial charge in [0, 0.05) is 30.6 Å². The Hall–Kier alpha value is -1.17. The fourth-order valence-electron chi connectivity index (χ4n) is 3.80. The lowest BCUT2D eigenvalue weighted by Gasteiger charge is -2.33. The Bertz CT molecular complexity index is 592. The van der Waals surface area contributed by atoms with Crippen LogP contribution in [0.3, 0.4) is 0 Å². The molecular formula is C19H27ClFN3O. The summed E-state index contributed by atoms with van der Waals surface area (Å²) in [5.41, 5.74) is 0.934. The first-order chi connectivity index (χ1) is 12.1. The molecule has 2 aliphatic rings. The fraction of sp³-hybridized carbons (Fsp3) is 0.632. The highest BCUT2D eigenvalue weighted by Crippen LogP contribution is 2.21. The average Bonchev–Trinajstić information content (AvgIpc) is 3.09. The van der Waals surface area contributed by atoms with Gasteiger partial charge in [0.2, 0.25) is 5.91 Å². The van der Waals surface area contributed by atoms with Gasteiger partial charge in [-0.2, -0.15) is 0 Å². The summed E-state index contributed by atoms with van der Waals surface area (Å²) in [6, 6.07) is 4.75. The van der Waals surface area contributed by atoms with E-state index in [0.29, 0.717) is 23.9 Å². The van der Waals surface area contributed by atoms with Crippen molar-refractivity contribution in [1.82, 2.24) is 15.5 Å². The third-order valence-electron chi connectivity index (χ3n) is 5.22. The van der Waals surface area contributed by atoms with Crippen LogP contribution in [0.2, 0.25) is 5.02 Å². The minimum Gasteiger partial charge on any atom is -0.352 e. The normalized spacial score (nSPS) is 24.4. The Labute approximate surface area is 154 Å². The third-order valence-corrected chi connectivity index (χ3v) is 5.57. The number of nitrogens with zero attached hydrogens (tertiary/aromatic N) is 1. The smallest absolute Gasteiger partial charge is 0.220 e. The van der Waals surface area contributed by atoms with Crippen LogP contribution in [0.15, 0.2) is 18.2 Å². The number of hydrogen-bond donors (Lipinski definition) is 2. The number of piperidine rings is 1. The SMILES string of the molecule is O=C(CCC1CCNC1)NC1CCCN(Cc2ccc(F)cc2Cl)C1. The van der Waals surface area contributed by atoms with Gasteiger partial charge in [0.05, 0.1) is 0 Å². The first kappa shape index (κ1) is 18.6. The van der Waals surface area contributed by atoms with Crippen LogP contribution in [-0.4, -0.2) is 43.0 Å². The van der Waals surface area contributed by atoms with Gasteiger partial charge in [-0.15, -0.1) is 0 Å². The summed E-state index contributed by atoms with van der Waals surface area (Å²) >= 11 is 6.13. The molecule has 0 spiro atoms. The molecule has 0 radical (unpaired) electrons. The van der Waals surface area contributed by atoms with Crippen LogP contribution < -0.4 is 10.6 Å². The summed E-state index contributed by atoms with van der Waals surface area (Å²) in [5, 5.41) is 7.00. The maximum atomic E-state index is 13.2. The maximum Gasteiger partial charge on any atom is 0.220 e. The molecule has 2 atom stereocenters. The van der Waals surface area contributed by atoms with Gasteiger partial charge < -0.3 is 10.6 Å². The Morgan fingerprint density at radius 3 is 3.04 bits per heavy atom. The zero-order chi connectivity index (χ0) is 17.6. The molecule has 2 unspecified atom stereocenters. The Balaban J connectivity index is 1.44. The van der Waals surface area contributed by atoms with Crippen LogP contribution in [0.4, 0.5) is 4.39 Å². The minimum absolute atomic E-state index is 0.165. The molecule has 1 aromatic rings. The summed E-state index contributed by atoms with van der Waals surface area (Å²) in [6.07, 6.45) is 4.84. The Kier molecular flexibility index (Phi) is 6.68. The van der Waals surface area contributed by atoms with Gasteiger partial charge in [-0.05, 0) is 68.9 Å². The minimum atomic E-state index is -0.310. The molecule has 2 heterocycles. The zero-order valence-electron chi connectivity index (χ0n) is 14.6. The van der Waals surface area contributed by atoms with Crippen LogP contribution in [0.5, 0.6) is 0 Å². The standard InChI is InChI=1S/C19H27ClFN3O/c20-18-10-16(21)5-4-15(18)12-24-9-1-2-17(13-24)23-19(25)6-3-14-7-8-22-11-14/h4-5,10,14,17,22H,1-3,6-9,11-13H2,(H,23,25). The highest BCUT2D eigenvalue weighted by Gasteiger charge is 2.23. The molecule has 2 N–H and O–H groups in total. The van der Waals surface area contributed by atoms with Crippen LogP contribution in [-0.2, 0) is 11.3 Å². The summed E-state index contributed by atoms with van der Waals surface area (Å²) in [6.45, 7) is 4.62. The molecule has 2 saturated heterocycles. The molecular weight excluding hydrogens is 341 g/mol. The van der Waals surface area contributed by atoms with Crippen molar-refractivity contribution in [2.75, 3.05) is 26.2 Å². The van der Waals surface area contributed by atoms with E-state index in [4.69, 9.17) is 11.6 Å². The molecule has 0 aliphatic carbocycles. The molecule has 0 saturated carbocycles. The highest BCUT2D eigenvalue weighted by molar-refractivity contribution is 6.31. The van der Waals surface area contributed by atoms with E-state index >= 15 is 0 Å². The molecule has 2 aliphatic heterocycles. The third kappa shape index (κ3) is 5.66. The van der Waals surface area contributed by atoms with Crippen molar-refractivity contribution in [3.63, 3.8) is 0 Å². The second-order valence-corrected chi connectivity index (χ2v) is 7.68. The first-order valence-electron chi connectivity index (χ1n) is 9.26. The lowest BCUT2D eigenvalue weighted by atomic mass is 10.0. The van der Waals surface area contributed by atoms with Crippen LogP contribution >= 0.6 is 11.6 Å². The molecule has 138 valence electrons. The molecule has 6 heteroatoms. The van der Waals surface area contributed by atoms with Crippen LogP contribution in [0.25, 0.3) is 0 Å². The molecule has 3 rings (SSSR count). The second kappa shape index (κ2) is 8.97. The van der Waals surface area contributed by atoms with E-state index < -0.39 is 0 Å². The van der Waals surface area contributed by atoms with E-state index in [2.05, 4.69) is 15.5 Å². The molecule has 0 aromatic heterocycles. The number of nitrogens with one attached hydrogen (secondary N) is 2. The monoisotopic (exact) mass is 367 g/mol. The van der Waals surface area contributed by atoms with Gasteiger partial charge in [-0.25, -0.2) is 4.39 Å². The number of carbonyl (C=O) groups is 1. The molecule has 1 aromatic carbocycles. The van der Waals surface area contributed by atoms with Crippen molar-refractivity contribution in [3.05, 3.63) is 34.6 Å². The van der Waals surface area contributed by atoms with E-state index in [1.54, 1.807) is 6.07 Å². The van der Waals surface area contributed by atoms with E-state index in [1.165, 1.54) is 18.6 Å². The van der Waals surface area contributed by atoms with Gasteiger partial charge in [0.1, 0.15) is 5.82 Å². The van der Waals surface area contributed by atoms with E-state index in [0.717, 1.165) is 51.0 Å². The van der Waals surface area contributed by atoms with Gasteiger partial charge in [-0.3, -0.25) is 9.69 Å². The number of rotatable bonds is 6. The number of amides is 1. The average molecular weight is 368 g/mol. The molecule has 2 fully saturated rings. The van der Waals surface area contributed by atoms with Gasteiger partial charge in [0.25, 0.3) is 0 Å². The number of likely N-dealkylation sites (tertiary alicyclic amines) is 1. The van der Waals surface area contributed by atoms with Gasteiger partial charge in [-0.1, -0.05) is 17.7 Å². The Morgan fingerprint density at radius 1 is 1.40 bits per heavy atom. The summed E-state index contributed by atoms with van der Waals surface area (Å²) in [7, 11) is 0. The summed E-state index contributed by atoms with van der Waals surface area (Å²) in [5.74, 6) is 0.503. The van der Waals surface area contributed by atoms with Crippen LogP contribution in [0.1, 0.15) is 37.7 Å². The number of benzene rings is 1. The van der Waals surface area contributed by atoms with Gasteiger partial charge >= 0.3 is 0 Å². The van der Waals surface area contributed by atoms with E-state index in [9.17, 15) is 9.18 Å². The number of halogens is 2. The van der Waals surface area contributed by atoms with Crippen molar-refractivity contribution in [2.45, 2.75) is 44.7 Å². The number of hydrogen-bond acceptors (Lipinski definition) is 3. The van der Waals surface area contributed by atoms with Crippen molar-refractivity contribution < 1.29 is 9.18 Å². The molecule has 25 heavy (non-hydrogen) atoms. The van der Waals surface area contributed by atoms with Crippen molar-refractivity contribution in [2.24, 2.45) is 5.92 Å². The Morgan fingerprint density at radius 2 is 2.28 bits per heavy atom. The van der Waals surface area contributed by atoms with E-state index in [-0.39, 0.29) is 17.8 Å². The summed E-state index contributed by atoms with van der Waals surface area (Å²) in [4.78, 5) is 14.5. The van der Waals surface area contributed by atoms with E-state index in [1.807, 2.05) is 0 Å². The largest absolute Gasteiger partial charge is 0.352 e. The van der Waals surface area contributed by atoms with Crippen molar-refractivity contribution in [3.8, 4) is 0 Å². The van der Waals surface area contributed by atoms with Crippen LogP contribution in [0, 0.1) is 11.7 Å².